The highest BCUT2D eigenvalue weighted by Gasteiger charge is 2.52. The number of aryl methyl sites for hydroxylation is 4. The van der Waals surface area contributed by atoms with Crippen molar-refractivity contribution >= 4 is 79.9 Å². The minimum Gasteiger partial charge on any atom is -0.444 e. The van der Waals surface area contributed by atoms with Gasteiger partial charge in [-0.2, -0.15) is 0 Å². The number of nitrogens with one attached hydrogen (secondary N) is 2. The van der Waals surface area contributed by atoms with Crippen LogP contribution in [0.25, 0.3) is 0 Å². The maximum absolute atomic E-state index is 11.8. The van der Waals surface area contributed by atoms with Crippen LogP contribution in [-0.2, 0) is 18.8 Å². The predicted molar refractivity (Wildman–Crippen MR) is 236 cm³/mol. The zero-order chi connectivity index (χ0) is 43.5. The Hall–Kier alpha value is -4.32. The van der Waals surface area contributed by atoms with E-state index in [1.165, 1.54) is 0 Å². The van der Waals surface area contributed by atoms with Gasteiger partial charge in [0.1, 0.15) is 34.5 Å². The van der Waals surface area contributed by atoms with Gasteiger partial charge in [-0.3, -0.25) is 10.6 Å². The summed E-state index contributed by atoms with van der Waals surface area (Å²) in [6.07, 6.45) is 5.68. The molecule has 5 rings (SSSR count). The Morgan fingerprint density at radius 3 is 1.46 bits per heavy atom. The maximum Gasteiger partial charge on any atom is 0.496 e. The molecule has 5 heterocycles. The number of carbonyl (C=O) groups is 2. The van der Waals surface area contributed by atoms with Gasteiger partial charge in [0.05, 0.1) is 11.2 Å². The van der Waals surface area contributed by atoms with E-state index in [2.05, 4.69) is 62.4 Å². The van der Waals surface area contributed by atoms with Gasteiger partial charge in [0.15, 0.2) is 0 Å². The third-order valence-electron chi connectivity index (χ3n) is 7.97. The fourth-order valence-electron chi connectivity index (χ4n) is 4.40. The third-order valence-corrected chi connectivity index (χ3v) is 9.63. The second kappa shape index (κ2) is 20.4. The van der Waals surface area contributed by atoms with E-state index < -0.39 is 41.7 Å². The largest absolute Gasteiger partial charge is 0.496 e. The van der Waals surface area contributed by atoms with E-state index >= 15 is 0 Å². The summed E-state index contributed by atoms with van der Waals surface area (Å²) in [6, 6.07) is 9.12. The summed E-state index contributed by atoms with van der Waals surface area (Å²) in [7, 11) is -0.474. The number of aromatic nitrogens is 4. The maximum atomic E-state index is 11.8. The number of pyridine rings is 4. The SMILES string of the molecule is Cc1cc(N)ncc1Br.Cc1cc(NC(=O)OC(C)(C)C)ncc1B1OC(C)(C)C(C)(C)O1.Cc1cc(NC(=O)OC(C)(C)C)ncc1Br.Cc1ccnc(N)c1. The molecule has 1 fully saturated rings. The molecular weight excluding hydrogens is 859 g/mol. The van der Waals surface area contributed by atoms with E-state index in [0.717, 1.165) is 36.7 Å². The fraction of sp³-hybridized carbons (Fsp3) is 0.450. The van der Waals surface area contributed by atoms with Crippen molar-refractivity contribution in [3.63, 3.8) is 0 Å². The zero-order valence-electron chi connectivity index (χ0n) is 35.4. The van der Waals surface area contributed by atoms with Crippen molar-refractivity contribution in [2.24, 2.45) is 0 Å². The number of nitrogens with two attached hydrogens (primary N) is 2. The highest BCUT2D eigenvalue weighted by molar-refractivity contribution is 9.10. The van der Waals surface area contributed by atoms with Crippen LogP contribution in [0.2, 0.25) is 0 Å². The quantitative estimate of drug-likeness (QED) is 0.142. The predicted octanol–water partition coefficient (Wildman–Crippen LogP) is 9.24. The van der Waals surface area contributed by atoms with E-state index in [4.69, 9.17) is 30.2 Å². The van der Waals surface area contributed by atoms with Crippen LogP contribution in [0.1, 0.15) is 91.5 Å². The summed E-state index contributed by atoms with van der Waals surface area (Å²) in [5.41, 5.74) is 13.9. The number of nitrogens with zero attached hydrogens (tertiary/aromatic N) is 4. The van der Waals surface area contributed by atoms with E-state index in [9.17, 15) is 9.59 Å². The Morgan fingerprint density at radius 2 is 1.09 bits per heavy atom. The average Bonchev–Trinajstić information content (AvgIpc) is 3.25. The van der Waals surface area contributed by atoms with Crippen LogP contribution in [-0.4, -0.2) is 61.6 Å². The standard InChI is InChI=1S/C17H27BN2O4.C11H15BrN2O2.C6H7BrN2.C6H8N2/c1-11-9-13(20-14(21)22-15(2,3)4)19-10-12(11)18-23-16(5,6)17(7,8)24-18;1-7-5-9(13-6-8(7)12)14-10(15)16-11(2,3)4;1-4-2-6(8)9-3-5(4)7;1-5-2-3-8-6(7)4-5/h9-10H,1-8H3,(H,19,20,21);5-6H,1-4H3,(H,13,14,15);2-3H,1H3,(H2,8,9);2-4H,1H3,(H2,7,8). The van der Waals surface area contributed by atoms with Crippen molar-refractivity contribution in [3.8, 4) is 0 Å². The Morgan fingerprint density at radius 1 is 0.667 bits per heavy atom. The van der Waals surface area contributed by atoms with Gasteiger partial charge in [-0.15, -0.1) is 0 Å². The lowest BCUT2D eigenvalue weighted by Crippen LogP contribution is -2.41. The summed E-state index contributed by atoms with van der Waals surface area (Å²) in [6.45, 7) is 26.7. The first kappa shape index (κ1) is 48.8. The zero-order valence-corrected chi connectivity index (χ0v) is 38.6. The molecule has 0 atom stereocenters. The van der Waals surface area contributed by atoms with Crippen LogP contribution < -0.4 is 27.6 Å². The first-order valence-electron chi connectivity index (χ1n) is 18.1. The molecule has 1 aliphatic heterocycles. The number of nitrogen functional groups attached to an aromatic ring is 2. The number of rotatable bonds is 3. The molecule has 14 nitrogen and oxygen atoms in total. The summed E-state index contributed by atoms with van der Waals surface area (Å²) in [5, 5.41) is 5.21. The summed E-state index contributed by atoms with van der Waals surface area (Å²) < 4.78 is 24.3. The Kier molecular flexibility index (Phi) is 17.5. The lowest BCUT2D eigenvalue weighted by Gasteiger charge is -2.32. The smallest absolute Gasteiger partial charge is 0.444 e. The number of anilines is 4. The molecule has 6 N–H and O–H groups in total. The molecule has 0 aromatic carbocycles. The molecule has 0 spiro atoms. The van der Waals surface area contributed by atoms with Crippen molar-refractivity contribution in [1.29, 1.82) is 0 Å². The molecule has 1 aliphatic rings. The number of halogens is 2. The van der Waals surface area contributed by atoms with Crippen LogP contribution in [0.3, 0.4) is 0 Å². The lowest BCUT2D eigenvalue weighted by atomic mass is 9.77. The summed E-state index contributed by atoms with van der Waals surface area (Å²) in [4.78, 5) is 39.3. The molecule has 57 heavy (non-hydrogen) atoms. The number of carbonyl (C=O) groups excluding carboxylic acids is 2. The highest BCUT2D eigenvalue weighted by Crippen LogP contribution is 2.36. The molecule has 2 amide bonds. The van der Waals surface area contributed by atoms with Gasteiger partial charge in [0.2, 0.25) is 0 Å². The molecule has 0 bridgehead atoms. The van der Waals surface area contributed by atoms with Gasteiger partial charge < -0.3 is 30.2 Å². The van der Waals surface area contributed by atoms with Crippen LogP contribution in [0, 0.1) is 27.7 Å². The number of ether oxygens (including phenoxy) is 2. The molecule has 17 heteroatoms. The van der Waals surface area contributed by atoms with Crippen LogP contribution in [0.15, 0.2) is 64.1 Å². The first-order chi connectivity index (χ1) is 26.1. The number of hydrogen-bond donors (Lipinski definition) is 4. The molecule has 1 saturated heterocycles. The number of amides is 2. The molecule has 0 unspecified atom stereocenters. The molecule has 0 radical (unpaired) electrons. The van der Waals surface area contributed by atoms with Gasteiger partial charge in [0.25, 0.3) is 0 Å². The normalized spacial score (nSPS) is 14.0. The highest BCUT2D eigenvalue weighted by atomic mass is 79.9. The van der Waals surface area contributed by atoms with E-state index in [1.54, 1.807) is 36.9 Å². The van der Waals surface area contributed by atoms with Crippen LogP contribution in [0.5, 0.6) is 0 Å². The Labute approximate surface area is 354 Å². The van der Waals surface area contributed by atoms with Crippen LogP contribution in [0.4, 0.5) is 32.9 Å². The molecule has 310 valence electrons. The third kappa shape index (κ3) is 17.4. The molecule has 0 saturated carbocycles. The van der Waals surface area contributed by atoms with Crippen molar-refractivity contribution in [3.05, 3.63) is 86.3 Å². The molecule has 4 aromatic heterocycles. The monoisotopic (exact) mass is 914 g/mol. The second-order valence-electron chi connectivity index (χ2n) is 16.2. The Balaban J connectivity index is 0.000000290. The van der Waals surface area contributed by atoms with E-state index in [0.29, 0.717) is 23.3 Å². The van der Waals surface area contributed by atoms with Gasteiger partial charge in [-0.05, 0) is 181 Å². The van der Waals surface area contributed by atoms with Crippen molar-refractivity contribution < 1.29 is 28.4 Å². The number of hydrogen-bond acceptors (Lipinski definition) is 12. The van der Waals surface area contributed by atoms with Gasteiger partial charge in [-0.1, -0.05) is 0 Å². The fourth-order valence-corrected chi connectivity index (χ4v) is 4.83. The van der Waals surface area contributed by atoms with Crippen molar-refractivity contribution in [1.82, 2.24) is 19.9 Å². The summed E-state index contributed by atoms with van der Waals surface area (Å²) >= 11 is 6.65. The van der Waals surface area contributed by atoms with Crippen molar-refractivity contribution in [2.75, 3.05) is 22.1 Å². The van der Waals surface area contributed by atoms with Crippen molar-refractivity contribution in [2.45, 2.75) is 119 Å². The van der Waals surface area contributed by atoms with Gasteiger partial charge in [-0.25, -0.2) is 29.5 Å². The Bertz CT molecular complexity index is 1950. The second-order valence-corrected chi connectivity index (χ2v) is 17.9. The molecular formula is C40H57BBr2N8O6. The lowest BCUT2D eigenvalue weighted by molar-refractivity contribution is 0.00578. The molecule has 0 aliphatic carbocycles. The van der Waals surface area contributed by atoms with Gasteiger partial charge >= 0.3 is 19.3 Å². The topological polar surface area (TPSA) is 199 Å². The van der Waals surface area contributed by atoms with Crippen LogP contribution >= 0.6 is 31.9 Å². The minimum absolute atomic E-state index is 0.405. The minimum atomic E-state index is -0.554. The molecule has 4 aromatic rings. The van der Waals surface area contributed by atoms with E-state index in [-0.39, 0.29) is 0 Å². The average molecular weight is 917 g/mol. The summed E-state index contributed by atoms with van der Waals surface area (Å²) in [5.74, 6) is 2.07. The van der Waals surface area contributed by atoms with E-state index in [1.807, 2.05) is 115 Å². The van der Waals surface area contributed by atoms with Gasteiger partial charge in [0, 0.05) is 39.2 Å². The first-order valence-corrected chi connectivity index (χ1v) is 19.7.